The maximum Gasteiger partial charge on any atom is 0.282 e. The van der Waals surface area contributed by atoms with Gasteiger partial charge in [-0.1, -0.05) is 12.1 Å². The highest BCUT2D eigenvalue weighted by Crippen LogP contribution is 2.21. The topological polar surface area (TPSA) is 88.0 Å². The second-order valence-electron chi connectivity index (χ2n) is 8.18. The summed E-state index contributed by atoms with van der Waals surface area (Å²) < 4.78 is 27.7. The molecule has 1 fully saturated rings. The van der Waals surface area contributed by atoms with E-state index in [0.29, 0.717) is 42.3 Å². The predicted octanol–water partition coefficient (Wildman–Crippen LogP) is 1.42. The second-order valence-corrected chi connectivity index (χ2v) is 10.1. The van der Waals surface area contributed by atoms with E-state index >= 15 is 0 Å². The summed E-state index contributed by atoms with van der Waals surface area (Å²) in [5.74, 6) is -0.152. The van der Waals surface area contributed by atoms with Gasteiger partial charge in [0, 0.05) is 11.3 Å². The molecule has 2 aromatic carbocycles. The lowest BCUT2D eigenvalue weighted by Gasteiger charge is -2.34. The summed E-state index contributed by atoms with van der Waals surface area (Å²) in [6.45, 7) is 8.90. The summed E-state index contributed by atoms with van der Waals surface area (Å²) in [6, 6.07) is 11.9. The zero-order valence-corrected chi connectivity index (χ0v) is 19.3. The smallest absolute Gasteiger partial charge is 0.282 e. The number of aryl methyl sites for hydroxylation is 2. The molecular formula is C23H30N3O4S+. The zero-order valence-electron chi connectivity index (χ0n) is 18.4. The lowest BCUT2D eigenvalue weighted by molar-refractivity contribution is -0.917. The number of nitrogens with zero attached hydrogens (tertiary/aromatic N) is 1. The van der Waals surface area contributed by atoms with Crippen LogP contribution in [0.2, 0.25) is 0 Å². The summed E-state index contributed by atoms with van der Waals surface area (Å²) in [4.78, 5) is 25.5. The maximum absolute atomic E-state index is 13.1. The van der Waals surface area contributed by atoms with Gasteiger partial charge in [-0.3, -0.25) is 9.59 Å². The molecule has 0 unspecified atom stereocenters. The Labute approximate surface area is 184 Å². The van der Waals surface area contributed by atoms with E-state index in [4.69, 9.17) is 0 Å². The Bertz CT molecular complexity index is 1070. The highest BCUT2D eigenvalue weighted by atomic mass is 32.2. The van der Waals surface area contributed by atoms with Crippen LogP contribution < -0.4 is 10.2 Å². The molecule has 7 nitrogen and oxygen atoms in total. The molecule has 0 bridgehead atoms. The van der Waals surface area contributed by atoms with Crippen molar-refractivity contribution in [3.05, 3.63) is 59.2 Å². The highest BCUT2D eigenvalue weighted by molar-refractivity contribution is 7.89. The van der Waals surface area contributed by atoms with Crippen LogP contribution in [0.1, 0.15) is 35.3 Å². The number of rotatable bonds is 6. The standard InChI is InChI=1S/C23H29N3O4S/c1-16-5-6-17(2)22(15-16)31(29,30)26-13-11-25(12-14-26)18(3)23(28)24-21-9-7-20(8-10-21)19(4)27/h5-10,15,18H,11-14H2,1-4H3,(H,24,28)/p+1/t18-/m1/s1. The molecule has 1 atom stereocenters. The Hall–Kier alpha value is -2.55. The summed E-state index contributed by atoms with van der Waals surface area (Å²) in [6.07, 6.45) is 0. The number of hydrogen-bond acceptors (Lipinski definition) is 4. The monoisotopic (exact) mass is 444 g/mol. The molecule has 8 heteroatoms. The van der Waals surface area contributed by atoms with E-state index in [1.807, 2.05) is 32.9 Å². The molecule has 0 saturated carbocycles. The van der Waals surface area contributed by atoms with E-state index in [0.717, 1.165) is 16.0 Å². The van der Waals surface area contributed by atoms with Crippen LogP contribution >= 0.6 is 0 Å². The molecule has 0 spiro atoms. The summed E-state index contributed by atoms with van der Waals surface area (Å²) >= 11 is 0. The molecule has 1 aliphatic rings. The molecule has 0 aliphatic carbocycles. The first-order valence-electron chi connectivity index (χ1n) is 10.4. The van der Waals surface area contributed by atoms with Gasteiger partial charge in [0.05, 0.1) is 31.1 Å². The highest BCUT2D eigenvalue weighted by Gasteiger charge is 2.35. The van der Waals surface area contributed by atoms with Crippen molar-refractivity contribution in [2.75, 3.05) is 31.5 Å². The van der Waals surface area contributed by atoms with Gasteiger partial charge in [0.2, 0.25) is 10.0 Å². The molecule has 2 N–H and O–H groups in total. The van der Waals surface area contributed by atoms with Crippen molar-refractivity contribution < 1.29 is 22.9 Å². The minimum Gasteiger partial charge on any atom is -0.323 e. The number of carbonyl (C=O) groups is 2. The molecule has 0 radical (unpaired) electrons. The van der Waals surface area contributed by atoms with Gasteiger partial charge in [-0.05, 0) is 69.2 Å². The minimum atomic E-state index is -3.55. The molecule has 31 heavy (non-hydrogen) atoms. The Balaban J connectivity index is 1.61. The van der Waals surface area contributed by atoms with Gasteiger partial charge in [-0.2, -0.15) is 4.31 Å². The number of amides is 1. The van der Waals surface area contributed by atoms with Crippen molar-refractivity contribution in [1.82, 2.24) is 4.31 Å². The zero-order chi connectivity index (χ0) is 22.8. The number of hydrogen-bond donors (Lipinski definition) is 2. The first-order chi connectivity index (χ1) is 14.6. The van der Waals surface area contributed by atoms with Crippen molar-refractivity contribution in [2.24, 2.45) is 0 Å². The Kier molecular flexibility index (Phi) is 6.93. The van der Waals surface area contributed by atoms with E-state index in [2.05, 4.69) is 5.32 Å². The van der Waals surface area contributed by atoms with Crippen LogP contribution in [0.4, 0.5) is 5.69 Å². The lowest BCUT2D eigenvalue weighted by Crippen LogP contribution is -3.19. The van der Waals surface area contributed by atoms with Gasteiger partial charge < -0.3 is 10.2 Å². The number of benzene rings is 2. The minimum absolute atomic E-state index is 0.0237. The normalized spacial score (nSPS) is 16.6. The van der Waals surface area contributed by atoms with Crippen LogP contribution in [-0.2, 0) is 14.8 Å². The number of anilines is 1. The number of piperazine rings is 1. The van der Waals surface area contributed by atoms with Crippen molar-refractivity contribution in [3.63, 3.8) is 0 Å². The first kappa shape index (κ1) is 23.1. The number of sulfonamides is 1. The third-order valence-corrected chi connectivity index (χ3v) is 7.93. The van der Waals surface area contributed by atoms with Crippen LogP contribution in [0.5, 0.6) is 0 Å². The molecule has 0 aromatic heterocycles. The quantitative estimate of drug-likeness (QED) is 0.660. The fraction of sp³-hybridized carbons (Fsp3) is 0.391. The van der Waals surface area contributed by atoms with Gasteiger partial charge in [0.25, 0.3) is 5.91 Å². The van der Waals surface area contributed by atoms with Crippen LogP contribution in [0.3, 0.4) is 0 Å². The van der Waals surface area contributed by atoms with Crippen molar-refractivity contribution >= 4 is 27.4 Å². The molecule has 1 amide bonds. The van der Waals surface area contributed by atoms with Crippen LogP contribution in [0, 0.1) is 13.8 Å². The second kappa shape index (κ2) is 9.30. The number of Topliss-reactive ketones (excluding diaryl/α,β-unsaturated/α-hetero) is 1. The van der Waals surface area contributed by atoms with Gasteiger partial charge in [0.1, 0.15) is 0 Å². The van der Waals surface area contributed by atoms with Crippen LogP contribution in [0.15, 0.2) is 47.4 Å². The van der Waals surface area contributed by atoms with E-state index in [9.17, 15) is 18.0 Å². The van der Waals surface area contributed by atoms with E-state index in [1.165, 1.54) is 11.2 Å². The summed E-state index contributed by atoms with van der Waals surface area (Å²) in [5, 5.41) is 2.88. The van der Waals surface area contributed by atoms with Crippen molar-refractivity contribution in [2.45, 2.75) is 38.6 Å². The number of carbonyl (C=O) groups excluding carboxylic acids is 2. The van der Waals surface area contributed by atoms with Gasteiger partial charge in [-0.15, -0.1) is 0 Å². The summed E-state index contributed by atoms with van der Waals surface area (Å²) in [5.41, 5.74) is 2.88. The maximum atomic E-state index is 13.1. The molecule has 166 valence electrons. The summed E-state index contributed by atoms with van der Waals surface area (Å²) in [7, 11) is -3.55. The largest absolute Gasteiger partial charge is 0.323 e. The first-order valence-corrected chi connectivity index (χ1v) is 11.9. The Morgan fingerprint density at radius 2 is 1.65 bits per heavy atom. The van der Waals surface area contributed by atoms with Crippen LogP contribution in [0.25, 0.3) is 0 Å². The van der Waals surface area contributed by atoms with E-state index in [-0.39, 0.29) is 17.7 Å². The SMILES string of the molecule is CC(=O)c1ccc(NC(=O)[C@@H](C)[NH+]2CCN(S(=O)(=O)c3cc(C)ccc3C)CC2)cc1. The molecule has 1 heterocycles. The predicted molar refractivity (Wildman–Crippen MR) is 120 cm³/mol. The third-order valence-electron chi connectivity index (χ3n) is 5.89. The fourth-order valence-electron chi connectivity index (χ4n) is 3.80. The Morgan fingerprint density at radius 1 is 1.03 bits per heavy atom. The lowest BCUT2D eigenvalue weighted by atomic mass is 10.1. The van der Waals surface area contributed by atoms with Gasteiger partial charge >= 0.3 is 0 Å². The molecule has 1 aliphatic heterocycles. The van der Waals surface area contributed by atoms with Gasteiger partial charge in [-0.25, -0.2) is 8.42 Å². The average Bonchev–Trinajstić information content (AvgIpc) is 2.75. The van der Waals surface area contributed by atoms with Crippen LogP contribution in [-0.4, -0.2) is 56.6 Å². The van der Waals surface area contributed by atoms with E-state index in [1.54, 1.807) is 30.3 Å². The van der Waals surface area contributed by atoms with Crippen molar-refractivity contribution in [3.8, 4) is 0 Å². The Morgan fingerprint density at radius 3 is 2.23 bits per heavy atom. The fourth-order valence-corrected chi connectivity index (χ4v) is 5.55. The molecule has 2 aromatic rings. The molecule has 3 rings (SSSR count). The van der Waals surface area contributed by atoms with Crippen molar-refractivity contribution in [1.29, 1.82) is 0 Å². The third kappa shape index (κ3) is 5.20. The van der Waals surface area contributed by atoms with E-state index < -0.39 is 10.0 Å². The molecular weight excluding hydrogens is 414 g/mol. The molecule has 1 saturated heterocycles. The average molecular weight is 445 g/mol. The number of nitrogens with one attached hydrogen (secondary N) is 2. The van der Waals surface area contributed by atoms with Gasteiger partial charge in [0.15, 0.2) is 11.8 Å². The number of quaternary nitrogens is 1. The number of ketones is 1.